The van der Waals surface area contributed by atoms with Gasteiger partial charge in [0.2, 0.25) is 10.0 Å². The molecule has 0 spiro atoms. The summed E-state index contributed by atoms with van der Waals surface area (Å²) in [5, 5.41) is 0. The van der Waals surface area contributed by atoms with Crippen molar-refractivity contribution in [2.24, 2.45) is 0 Å². The van der Waals surface area contributed by atoms with Gasteiger partial charge in [-0.05, 0) is 54.3 Å². The molecule has 1 aliphatic heterocycles. The van der Waals surface area contributed by atoms with Gasteiger partial charge in [0, 0.05) is 31.7 Å². The van der Waals surface area contributed by atoms with Crippen LogP contribution in [0.1, 0.15) is 42.1 Å². The third kappa shape index (κ3) is 4.62. The van der Waals surface area contributed by atoms with E-state index in [-0.39, 0.29) is 19.0 Å². The summed E-state index contributed by atoms with van der Waals surface area (Å²) < 4.78 is 32.5. The molecule has 0 bridgehead atoms. The Morgan fingerprint density at radius 1 is 1.00 bits per heavy atom. The first kappa shape index (κ1) is 21.3. The van der Waals surface area contributed by atoms with Crippen LogP contribution in [0, 0.1) is 0 Å². The van der Waals surface area contributed by atoms with Gasteiger partial charge in [-0.25, -0.2) is 8.42 Å². The molecule has 0 N–H and O–H groups in total. The second kappa shape index (κ2) is 8.97. The fourth-order valence-electron chi connectivity index (χ4n) is 3.40. The number of ether oxygens (including phenoxy) is 1. The van der Waals surface area contributed by atoms with Gasteiger partial charge in [-0.2, -0.15) is 4.31 Å². The summed E-state index contributed by atoms with van der Waals surface area (Å²) in [7, 11) is -1.98. The molecule has 29 heavy (non-hydrogen) atoms. The SMILES string of the molecule is CCC(C)c1ccc(S(=O)(=O)N2CCN(C(=O)c3ccc(OC)cc3)CC2)cc1. The zero-order valence-corrected chi connectivity index (χ0v) is 18.0. The van der Waals surface area contributed by atoms with Crippen LogP contribution in [0.15, 0.2) is 53.4 Å². The van der Waals surface area contributed by atoms with E-state index in [0.717, 1.165) is 12.0 Å². The first-order valence-corrected chi connectivity index (χ1v) is 11.3. The minimum absolute atomic E-state index is 0.0948. The molecular weight excluding hydrogens is 388 g/mol. The summed E-state index contributed by atoms with van der Waals surface area (Å²) in [4.78, 5) is 14.7. The average Bonchev–Trinajstić information content (AvgIpc) is 2.78. The van der Waals surface area contributed by atoms with E-state index in [2.05, 4.69) is 13.8 Å². The second-order valence-electron chi connectivity index (χ2n) is 7.30. The standard InChI is InChI=1S/C22H28N2O4S/c1-4-17(2)18-7-11-21(12-8-18)29(26,27)24-15-13-23(14-16-24)22(25)19-5-9-20(28-3)10-6-19/h5-12,17H,4,13-16H2,1-3H3. The molecule has 1 fully saturated rings. The van der Waals surface area contributed by atoms with Crippen molar-refractivity contribution in [2.75, 3.05) is 33.3 Å². The van der Waals surface area contributed by atoms with Gasteiger partial charge in [0.05, 0.1) is 12.0 Å². The molecule has 1 atom stereocenters. The van der Waals surface area contributed by atoms with Gasteiger partial charge in [-0.3, -0.25) is 4.79 Å². The van der Waals surface area contributed by atoms with E-state index < -0.39 is 10.0 Å². The molecule has 0 radical (unpaired) electrons. The predicted molar refractivity (Wildman–Crippen MR) is 113 cm³/mol. The summed E-state index contributed by atoms with van der Waals surface area (Å²) >= 11 is 0. The third-order valence-corrected chi connectivity index (χ3v) is 7.47. The first-order chi connectivity index (χ1) is 13.9. The smallest absolute Gasteiger partial charge is 0.253 e. The van der Waals surface area contributed by atoms with E-state index in [1.54, 1.807) is 48.4 Å². The Bertz CT molecular complexity index is 932. The lowest BCUT2D eigenvalue weighted by molar-refractivity contribution is 0.0698. The topological polar surface area (TPSA) is 66.9 Å². The van der Waals surface area contributed by atoms with E-state index in [4.69, 9.17) is 4.74 Å². The minimum Gasteiger partial charge on any atom is -0.497 e. The van der Waals surface area contributed by atoms with Crippen LogP contribution in [0.4, 0.5) is 0 Å². The summed E-state index contributed by atoms with van der Waals surface area (Å²) in [5.74, 6) is 0.999. The number of hydrogen-bond acceptors (Lipinski definition) is 4. The van der Waals surface area contributed by atoms with Crippen molar-refractivity contribution in [3.63, 3.8) is 0 Å². The number of benzene rings is 2. The number of carbonyl (C=O) groups excluding carboxylic acids is 1. The van der Waals surface area contributed by atoms with Crippen molar-refractivity contribution in [1.29, 1.82) is 0 Å². The predicted octanol–water partition coefficient (Wildman–Crippen LogP) is 3.36. The maximum atomic E-state index is 13.0. The fourth-order valence-corrected chi connectivity index (χ4v) is 4.82. The minimum atomic E-state index is -3.56. The molecular formula is C22H28N2O4S. The number of sulfonamides is 1. The molecule has 1 aliphatic rings. The summed E-state index contributed by atoms with van der Waals surface area (Å²) in [5.41, 5.74) is 1.71. The zero-order chi connectivity index (χ0) is 21.0. The highest BCUT2D eigenvalue weighted by Gasteiger charge is 2.30. The molecule has 0 saturated carbocycles. The Hall–Kier alpha value is -2.38. The summed E-state index contributed by atoms with van der Waals surface area (Å²) in [6, 6.07) is 14.1. The molecule has 1 amide bonds. The normalized spacial score (nSPS) is 16.4. The van der Waals surface area contributed by atoms with Crippen molar-refractivity contribution < 1.29 is 17.9 Å². The van der Waals surface area contributed by atoms with Crippen LogP contribution in [0.5, 0.6) is 5.75 Å². The Kier molecular flexibility index (Phi) is 6.59. The summed E-state index contributed by atoms with van der Waals surface area (Å²) in [6.45, 7) is 5.56. The molecule has 0 aromatic heterocycles. The van der Waals surface area contributed by atoms with E-state index in [1.807, 2.05) is 12.1 Å². The molecule has 1 saturated heterocycles. The molecule has 2 aromatic carbocycles. The number of carbonyl (C=O) groups is 1. The van der Waals surface area contributed by atoms with E-state index in [0.29, 0.717) is 35.2 Å². The van der Waals surface area contributed by atoms with Crippen molar-refractivity contribution in [1.82, 2.24) is 9.21 Å². The molecule has 1 unspecified atom stereocenters. The molecule has 2 aromatic rings. The highest BCUT2D eigenvalue weighted by molar-refractivity contribution is 7.89. The number of rotatable bonds is 6. The Balaban J connectivity index is 1.65. The van der Waals surface area contributed by atoms with Crippen LogP contribution in [-0.4, -0.2) is 56.8 Å². The van der Waals surface area contributed by atoms with Crippen molar-refractivity contribution >= 4 is 15.9 Å². The van der Waals surface area contributed by atoms with Crippen LogP contribution < -0.4 is 4.74 Å². The number of amides is 1. The van der Waals surface area contributed by atoms with Gasteiger partial charge >= 0.3 is 0 Å². The van der Waals surface area contributed by atoms with Gasteiger partial charge in [0.15, 0.2) is 0 Å². The monoisotopic (exact) mass is 416 g/mol. The lowest BCUT2D eigenvalue weighted by Crippen LogP contribution is -2.50. The Morgan fingerprint density at radius 3 is 2.10 bits per heavy atom. The molecule has 6 nitrogen and oxygen atoms in total. The highest BCUT2D eigenvalue weighted by Crippen LogP contribution is 2.23. The number of hydrogen-bond donors (Lipinski definition) is 0. The molecule has 1 heterocycles. The number of piperazine rings is 1. The van der Waals surface area contributed by atoms with Crippen molar-refractivity contribution in [3.8, 4) is 5.75 Å². The van der Waals surface area contributed by atoms with Crippen LogP contribution >= 0.6 is 0 Å². The maximum absolute atomic E-state index is 13.0. The van der Waals surface area contributed by atoms with Gasteiger partial charge < -0.3 is 9.64 Å². The van der Waals surface area contributed by atoms with Gasteiger partial charge in [-0.15, -0.1) is 0 Å². The quantitative estimate of drug-likeness (QED) is 0.724. The van der Waals surface area contributed by atoms with Gasteiger partial charge in [0.1, 0.15) is 5.75 Å². The van der Waals surface area contributed by atoms with Crippen molar-refractivity contribution in [2.45, 2.75) is 31.1 Å². The fraction of sp³-hybridized carbons (Fsp3) is 0.409. The number of methoxy groups -OCH3 is 1. The lowest BCUT2D eigenvalue weighted by Gasteiger charge is -2.34. The molecule has 3 rings (SSSR count). The van der Waals surface area contributed by atoms with Crippen LogP contribution in [-0.2, 0) is 10.0 Å². The van der Waals surface area contributed by atoms with Crippen LogP contribution in [0.3, 0.4) is 0 Å². The second-order valence-corrected chi connectivity index (χ2v) is 9.24. The average molecular weight is 417 g/mol. The molecule has 0 aliphatic carbocycles. The summed E-state index contributed by atoms with van der Waals surface area (Å²) in [6.07, 6.45) is 1.01. The molecule has 7 heteroatoms. The van der Waals surface area contributed by atoms with E-state index in [1.165, 1.54) is 4.31 Å². The van der Waals surface area contributed by atoms with Crippen LogP contribution in [0.25, 0.3) is 0 Å². The highest BCUT2D eigenvalue weighted by atomic mass is 32.2. The van der Waals surface area contributed by atoms with E-state index >= 15 is 0 Å². The third-order valence-electron chi connectivity index (χ3n) is 5.56. The first-order valence-electron chi connectivity index (χ1n) is 9.90. The Labute approximate surface area is 173 Å². The Morgan fingerprint density at radius 2 is 1.59 bits per heavy atom. The largest absolute Gasteiger partial charge is 0.497 e. The maximum Gasteiger partial charge on any atom is 0.253 e. The number of nitrogens with zero attached hydrogens (tertiary/aromatic N) is 2. The lowest BCUT2D eigenvalue weighted by atomic mass is 9.99. The van der Waals surface area contributed by atoms with Gasteiger partial charge in [0.25, 0.3) is 5.91 Å². The molecule has 156 valence electrons. The van der Waals surface area contributed by atoms with E-state index in [9.17, 15) is 13.2 Å². The van der Waals surface area contributed by atoms with Gasteiger partial charge in [-0.1, -0.05) is 26.0 Å². The zero-order valence-electron chi connectivity index (χ0n) is 17.2. The van der Waals surface area contributed by atoms with Crippen LogP contribution in [0.2, 0.25) is 0 Å². The van der Waals surface area contributed by atoms with Crippen molar-refractivity contribution in [3.05, 3.63) is 59.7 Å².